The molecule has 3 aliphatic rings. The fourth-order valence-electron chi connectivity index (χ4n) is 11.5. The van der Waals surface area contributed by atoms with E-state index in [-0.39, 0.29) is 43.6 Å². The molecule has 1 amide bonds. The number of nitrogens with one attached hydrogen (secondary N) is 1. The molecule has 0 bridgehead atoms. The zero-order chi connectivity index (χ0) is 54.2. The molecule has 416 valence electrons. The number of hydroxylamine groups is 1. The molecule has 7 N–H and O–H groups in total. The van der Waals surface area contributed by atoms with E-state index in [0.717, 1.165) is 30.4 Å². The lowest BCUT2D eigenvalue weighted by molar-refractivity contribution is -0.318. The smallest absolute Gasteiger partial charge is 0.311 e. The second-order valence-electron chi connectivity index (χ2n) is 22.3. The number of aromatic nitrogens is 3. The quantitative estimate of drug-likeness (QED) is 0.0507. The molecule has 1 aromatic carbocycles. The van der Waals surface area contributed by atoms with E-state index >= 15 is 0 Å². The molecule has 5 rings (SSSR count). The summed E-state index contributed by atoms with van der Waals surface area (Å²) in [6.45, 7) is 19.0. The van der Waals surface area contributed by atoms with Gasteiger partial charge in [0, 0.05) is 63.2 Å². The Hall–Kier alpha value is -3.22. The maximum Gasteiger partial charge on any atom is 0.311 e. The predicted molar refractivity (Wildman–Crippen MR) is 270 cm³/mol. The summed E-state index contributed by atoms with van der Waals surface area (Å²) in [7, 11) is 5.28. The Morgan fingerprint density at radius 2 is 1.64 bits per heavy atom. The molecule has 1 aromatic heterocycles. The number of aliphatic hydroxyl groups is 5. The van der Waals surface area contributed by atoms with E-state index in [4.69, 9.17) is 33.6 Å². The minimum absolute atomic E-state index is 0.0929. The number of aryl methyl sites for hydroxylation is 1. The van der Waals surface area contributed by atoms with Gasteiger partial charge in [0.2, 0.25) is 5.91 Å². The van der Waals surface area contributed by atoms with Crippen molar-refractivity contribution in [3.8, 4) is 11.3 Å². The normalized spacial score (nSPS) is 38.6. The monoisotopic (exact) mass is 1030 g/mol. The summed E-state index contributed by atoms with van der Waals surface area (Å²) in [4.78, 5) is 29.8. The van der Waals surface area contributed by atoms with Crippen molar-refractivity contribution in [3.63, 3.8) is 0 Å². The lowest BCUT2D eigenvalue weighted by atomic mass is 9.77. The Labute approximate surface area is 432 Å². The summed E-state index contributed by atoms with van der Waals surface area (Å²) in [5.41, 5.74) is -0.334. The summed E-state index contributed by atoms with van der Waals surface area (Å²) >= 11 is 0. The van der Waals surface area contributed by atoms with Crippen molar-refractivity contribution in [1.29, 1.82) is 0 Å². The minimum Gasteiger partial charge on any atom is -0.459 e. The molecule has 4 heterocycles. The van der Waals surface area contributed by atoms with E-state index in [1.54, 1.807) is 47.0 Å². The Kier molecular flexibility index (Phi) is 21.8. The highest BCUT2D eigenvalue weighted by molar-refractivity contribution is 5.74. The second kappa shape index (κ2) is 26.2. The summed E-state index contributed by atoms with van der Waals surface area (Å²) in [5.74, 6) is -3.22. The van der Waals surface area contributed by atoms with Gasteiger partial charge in [-0.05, 0) is 106 Å². The third kappa shape index (κ3) is 15.0. The first-order valence-electron chi connectivity index (χ1n) is 26.5. The third-order valence-corrected chi connectivity index (χ3v) is 16.0. The van der Waals surface area contributed by atoms with E-state index in [1.807, 2.05) is 74.9 Å². The second-order valence-corrected chi connectivity index (χ2v) is 22.3. The van der Waals surface area contributed by atoms with Crippen LogP contribution in [0.25, 0.3) is 11.3 Å². The van der Waals surface area contributed by atoms with E-state index < -0.39 is 102 Å². The molecule has 0 spiro atoms. The van der Waals surface area contributed by atoms with Crippen LogP contribution in [0.15, 0.2) is 30.5 Å². The van der Waals surface area contributed by atoms with Crippen molar-refractivity contribution in [2.45, 2.75) is 230 Å². The zero-order valence-electron chi connectivity index (χ0n) is 45.7. The molecule has 3 aliphatic heterocycles. The van der Waals surface area contributed by atoms with Gasteiger partial charge >= 0.3 is 5.97 Å². The van der Waals surface area contributed by atoms with Crippen LogP contribution in [-0.4, -0.2) is 185 Å². The number of amides is 1. The number of methoxy groups -OCH3 is 1. The van der Waals surface area contributed by atoms with E-state index in [9.17, 15) is 35.1 Å². The van der Waals surface area contributed by atoms with Crippen molar-refractivity contribution in [3.05, 3.63) is 36.0 Å². The standard InChI is InChI=1S/C53H90N6O14/c1-14-41-53(10,66)46(62)35(6)57(11)28-31(2)26-51(8,65)48(33(4)45(34(5)49(64)71-41)72-43-27-52(9,68-13)47(63)36(7)70-43)73-50-44(61)40(25-32(3)69-50)58(12)29-37-21-18-19-22-38(37)39-30-59(56-54-39)24-20-16-15-17-23-42(60)55-67/h18-19,21-22,30-36,40-41,43-48,50,61-63,65-67H,14-17,20,23-29H2,1-13H3,(H,55,60)/t31-,32-,33+,34-,35-,36+,40+,41-,43+,44-,45+,46-,47+,48-,50+,51-,52-,53-/m1/s1. The van der Waals surface area contributed by atoms with Gasteiger partial charge in [-0.25, -0.2) is 5.48 Å². The molecule has 2 aromatic rings. The number of rotatable bonds is 17. The number of hydrogen-bond donors (Lipinski definition) is 7. The van der Waals surface area contributed by atoms with Gasteiger partial charge in [0.15, 0.2) is 12.6 Å². The number of carbonyl (C=O) groups is 2. The van der Waals surface area contributed by atoms with Crippen LogP contribution in [0.4, 0.5) is 0 Å². The van der Waals surface area contributed by atoms with Crippen LogP contribution < -0.4 is 5.48 Å². The zero-order valence-corrected chi connectivity index (χ0v) is 45.7. The number of likely N-dealkylation sites (N-methyl/N-ethyl adjacent to an activating group) is 2. The van der Waals surface area contributed by atoms with Crippen LogP contribution in [0.2, 0.25) is 0 Å². The van der Waals surface area contributed by atoms with Crippen LogP contribution in [-0.2, 0) is 51.1 Å². The van der Waals surface area contributed by atoms with E-state index in [0.29, 0.717) is 38.2 Å². The molecule has 3 fully saturated rings. The fraction of sp³-hybridized carbons (Fsp3) is 0.811. The number of aliphatic hydroxyl groups excluding tert-OH is 3. The highest BCUT2D eigenvalue weighted by atomic mass is 16.7. The first-order valence-corrected chi connectivity index (χ1v) is 26.5. The van der Waals surface area contributed by atoms with Gasteiger partial charge in [-0.2, -0.15) is 0 Å². The number of ether oxygens (including phenoxy) is 6. The van der Waals surface area contributed by atoms with Crippen LogP contribution in [0.1, 0.15) is 133 Å². The van der Waals surface area contributed by atoms with Crippen LogP contribution in [0.5, 0.6) is 0 Å². The molecule has 20 nitrogen and oxygen atoms in total. The Balaban J connectivity index is 1.45. The van der Waals surface area contributed by atoms with Gasteiger partial charge in [0.25, 0.3) is 0 Å². The van der Waals surface area contributed by atoms with Gasteiger partial charge in [-0.15, -0.1) is 5.10 Å². The number of hydrogen-bond acceptors (Lipinski definition) is 18. The van der Waals surface area contributed by atoms with Gasteiger partial charge in [0.1, 0.15) is 35.7 Å². The van der Waals surface area contributed by atoms with Gasteiger partial charge in [-0.1, -0.05) is 63.1 Å². The number of carbonyl (C=O) groups excluding carboxylic acids is 2. The van der Waals surface area contributed by atoms with Crippen LogP contribution in [0.3, 0.4) is 0 Å². The highest BCUT2D eigenvalue weighted by Gasteiger charge is 2.53. The summed E-state index contributed by atoms with van der Waals surface area (Å²) < 4.78 is 40.3. The summed E-state index contributed by atoms with van der Waals surface area (Å²) in [5, 5.41) is 77.6. The highest BCUT2D eigenvalue weighted by Crippen LogP contribution is 2.40. The van der Waals surface area contributed by atoms with Crippen molar-refractivity contribution >= 4 is 11.9 Å². The largest absolute Gasteiger partial charge is 0.459 e. The molecule has 73 heavy (non-hydrogen) atoms. The molecule has 0 unspecified atom stereocenters. The molecule has 20 heteroatoms. The maximum atomic E-state index is 14.5. The SMILES string of the molecule is CC[C@H]1OC(=O)[C@H](C)[C@@H](O[C@H]2C[C@@](C)(OC)[C@@H](O)[C@H](C)O2)[C@H](C)[C@@H](O[C@@H]2O[C@H](C)C[C@H](N(C)Cc3ccccc3-c3cn(CCCCCCC(=O)NO)nn3)[C@H]2O)[C@](C)(O)C[C@@H](C)CN(C)[C@H](C)[C@@H](O)[C@]1(C)O. The van der Waals surface area contributed by atoms with Crippen molar-refractivity contribution in [2.24, 2.45) is 17.8 Å². The summed E-state index contributed by atoms with van der Waals surface area (Å²) in [6, 6.07) is 6.87. The number of benzene rings is 1. The van der Waals surface area contributed by atoms with Crippen molar-refractivity contribution in [1.82, 2.24) is 30.3 Å². The maximum absolute atomic E-state index is 14.5. The molecule has 18 atom stereocenters. The van der Waals surface area contributed by atoms with E-state index in [2.05, 4.69) is 15.2 Å². The fourth-order valence-corrected chi connectivity index (χ4v) is 11.5. The molecular formula is C53H90N6O14. The first kappa shape index (κ1) is 60.6. The Morgan fingerprint density at radius 1 is 0.959 bits per heavy atom. The Bertz CT molecular complexity index is 2040. The van der Waals surface area contributed by atoms with Gasteiger partial charge in [-0.3, -0.25) is 24.4 Å². The molecule has 0 saturated carbocycles. The topological polar surface area (TPSA) is 260 Å². The van der Waals surface area contributed by atoms with Crippen molar-refractivity contribution < 1.29 is 68.8 Å². The molecule has 0 aliphatic carbocycles. The lowest BCUT2D eigenvalue weighted by Gasteiger charge is -2.49. The lowest BCUT2D eigenvalue weighted by Crippen LogP contribution is -2.60. The number of unbranched alkanes of at least 4 members (excludes halogenated alkanes) is 3. The third-order valence-electron chi connectivity index (χ3n) is 16.0. The minimum atomic E-state index is -1.85. The number of cyclic esters (lactones) is 1. The van der Waals surface area contributed by atoms with Gasteiger partial charge < -0.3 is 58.9 Å². The van der Waals surface area contributed by atoms with Crippen LogP contribution >= 0.6 is 0 Å². The van der Waals surface area contributed by atoms with E-state index in [1.165, 1.54) is 14.0 Å². The average Bonchev–Trinajstić information content (AvgIpc) is 3.82. The van der Waals surface area contributed by atoms with Gasteiger partial charge in [0.05, 0.1) is 47.7 Å². The van der Waals surface area contributed by atoms with Crippen molar-refractivity contribution in [2.75, 3.05) is 27.7 Å². The summed E-state index contributed by atoms with van der Waals surface area (Å²) in [6.07, 6.45) is -3.81. The predicted octanol–water partition coefficient (Wildman–Crippen LogP) is 4.19. The molecule has 0 radical (unpaired) electrons. The average molecular weight is 1040 g/mol. The molecular weight excluding hydrogens is 945 g/mol. The number of nitrogens with zero attached hydrogens (tertiary/aromatic N) is 5. The molecule has 3 saturated heterocycles. The first-order chi connectivity index (χ1) is 34.3. The Morgan fingerprint density at radius 3 is 2.32 bits per heavy atom. The number of esters is 1. The van der Waals surface area contributed by atoms with Crippen LogP contribution in [0, 0.1) is 17.8 Å².